The molecule has 0 fully saturated rings. The third-order valence-electron chi connectivity index (χ3n) is 4.59. The van der Waals surface area contributed by atoms with Gasteiger partial charge in [0.05, 0.1) is 6.42 Å². The number of hydrogen-bond donors (Lipinski definition) is 1. The number of amides is 2. The molecule has 2 amide bonds. The molecule has 0 aliphatic carbocycles. The van der Waals surface area contributed by atoms with Gasteiger partial charge in [0.1, 0.15) is 6.04 Å². The van der Waals surface area contributed by atoms with Crippen molar-refractivity contribution in [3.8, 4) is 0 Å². The maximum Gasteiger partial charge on any atom is 0.242 e. The van der Waals surface area contributed by atoms with Gasteiger partial charge in [-0.1, -0.05) is 71.7 Å². The van der Waals surface area contributed by atoms with Crippen molar-refractivity contribution >= 4 is 27.7 Å². The molecular formula is C23H29BrN2O2. The quantitative estimate of drug-likeness (QED) is 0.651. The zero-order valence-electron chi connectivity index (χ0n) is 17.0. The highest BCUT2D eigenvalue weighted by molar-refractivity contribution is 9.10. The van der Waals surface area contributed by atoms with Crippen LogP contribution in [0.4, 0.5) is 0 Å². The molecule has 2 rings (SSSR count). The Bertz CT molecular complexity index is 785. The van der Waals surface area contributed by atoms with Crippen LogP contribution in [-0.4, -0.2) is 29.3 Å². The molecule has 0 aliphatic heterocycles. The van der Waals surface area contributed by atoms with Gasteiger partial charge in [-0.2, -0.15) is 0 Å². The molecule has 4 nitrogen and oxygen atoms in total. The molecule has 28 heavy (non-hydrogen) atoms. The summed E-state index contributed by atoms with van der Waals surface area (Å²) in [7, 11) is 0. The predicted molar refractivity (Wildman–Crippen MR) is 117 cm³/mol. The Hall–Kier alpha value is -2.14. The molecule has 5 heteroatoms. The van der Waals surface area contributed by atoms with Gasteiger partial charge in [0.2, 0.25) is 11.8 Å². The van der Waals surface area contributed by atoms with Crippen LogP contribution < -0.4 is 5.32 Å². The van der Waals surface area contributed by atoms with Gasteiger partial charge in [0, 0.05) is 17.6 Å². The summed E-state index contributed by atoms with van der Waals surface area (Å²) in [6.45, 7) is 8.91. The minimum Gasteiger partial charge on any atom is -0.354 e. The first-order chi connectivity index (χ1) is 13.3. The van der Waals surface area contributed by atoms with E-state index in [9.17, 15) is 9.59 Å². The fraction of sp³-hybridized carbons (Fsp3) is 0.391. The second-order valence-electron chi connectivity index (χ2n) is 7.63. The van der Waals surface area contributed by atoms with E-state index in [0.717, 1.165) is 21.2 Å². The second kappa shape index (κ2) is 10.4. The number of nitrogens with zero attached hydrogens (tertiary/aromatic N) is 1. The van der Waals surface area contributed by atoms with Crippen molar-refractivity contribution in [1.82, 2.24) is 10.2 Å². The molecule has 1 atom stereocenters. The average molecular weight is 445 g/mol. The molecule has 0 saturated carbocycles. The fourth-order valence-electron chi connectivity index (χ4n) is 2.80. The third-order valence-corrected chi connectivity index (χ3v) is 5.12. The maximum atomic E-state index is 13.1. The molecule has 0 aliphatic rings. The monoisotopic (exact) mass is 444 g/mol. The van der Waals surface area contributed by atoms with Crippen molar-refractivity contribution < 1.29 is 9.59 Å². The summed E-state index contributed by atoms with van der Waals surface area (Å²) in [4.78, 5) is 27.4. The Labute approximate surface area is 176 Å². The van der Waals surface area contributed by atoms with E-state index in [4.69, 9.17) is 0 Å². The van der Waals surface area contributed by atoms with Gasteiger partial charge < -0.3 is 10.2 Å². The van der Waals surface area contributed by atoms with Crippen molar-refractivity contribution in [2.75, 3.05) is 6.54 Å². The number of carbonyl (C=O) groups excluding carboxylic acids is 2. The SMILES string of the molecule is Cc1ccc(CC(=O)N(Cc2ccc(Br)cc2)C(C)C(=O)NCC(C)C)cc1. The Morgan fingerprint density at radius 2 is 1.54 bits per heavy atom. The Kier molecular flexibility index (Phi) is 8.24. The van der Waals surface area contributed by atoms with Crippen LogP contribution in [0.3, 0.4) is 0 Å². The standard InChI is InChI=1S/C23H29BrN2O2/c1-16(2)14-25-23(28)18(4)26(15-20-9-11-21(24)12-10-20)22(27)13-19-7-5-17(3)6-8-19/h5-12,16,18H,13-15H2,1-4H3,(H,25,28). The zero-order valence-corrected chi connectivity index (χ0v) is 18.6. The van der Waals surface area contributed by atoms with Crippen LogP contribution in [0, 0.1) is 12.8 Å². The first-order valence-electron chi connectivity index (χ1n) is 9.63. The van der Waals surface area contributed by atoms with Crippen LogP contribution in [-0.2, 0) is 22.6 Å². The Morgan fingerprint density at radius 3 is 2.11 bits per heavy atom. The summed E-state index contributed by atoms with van der Waals surface area (Å²) in [5, 5.41) is 2.94. The predicted octanol–water partition coefficient (Wildman–Crippen LogP) is 4.49. The van der Waals surface area contributed by atoms with Crippen molar-refractivity contribution in [1.29, 1.82) is 0 Å². The molecule has 1 N–H and O–H groups in total. The number of aryl methyl sites for hydroxylation is 1. The summed E-state index contributed by atoms with van der Waals surface area (Å²) >= 11 is 3.43. The van der Waals surface area contributed by atoms with Gasteiger partial charge in [-0.3, -0.25) is 9.59 Å². The van der Waals surface area contributed by atoms with Gasteiger partial charge in [-0.05, 0) is 43.0 Å². The van der Waals surface area contributed by atoms with Crippen molar-refractivity contribution in [3.05, 3.63) is 69.7 Å². The summed E-state index contributed by atoms with van der Waals surface area (Å²) in [5.74, 6) is 0.182. The van der Waals surface area contributed by atoms with Gasteiger partial charge >= 0.3 is 0 Å². The molecular weight excluding hydrogens is 416 g/mol. The lowest BCUT2D eigenvalue weighted by Crippen LogP contribution is -2.48. The zero-order chi connectivity index (χ0) is 20.7. The van der Waals surface area contributed by atoms with E-state index in [-0.39, 0.29) is 18.2 Å². The summed E-state index contributed by atoms with van der Waals surface area (Å²) < 4.78 is 0.983. The minimum atomic E-state index is -0.541. The van der Waals surface area contributed by atoms with Crippen molar-refractivity contribution in [3.63, 3.8) is 0 Å². The van der Waals surface area contributed by atoms with Gasteiger partial charge in [-0.25, -0.2) is 0 Å². The smallest absolute Gasteiger partial charge is 0.242 e. The molecule has 0 saturated heterocycles. The molecule has 2 aromatic carbocycles. The van der Waals surface area contributed by atoms with Gasteiger partial charge in [-0.15, -0.1) is 0 Å². The summed E-state index contributed by atoms with van der Waals surface area (Å²) in [5.41, 5.74) is 3.10. The van der Waals surface area contributed by atoms with E-state index >= 15 is 0 Å². The third kappa shape index (κ3) is 6.79. The van der Waals surface area contributed by atoms with Crippen LogP contribution in [0.1, 0.15) is 37.5 Å². The molecule has 0 heterocycles. The summed E-state index contributed by atoms with van der Waals surface area (Å²) in [6, 6.07) is 15.2. The van der Waals surface area contributed by atoms with Crippen LogP contribution in [0.2, 0.25) is 0 Å². The number of rotatable bonds is 8. The minimum absolute atomic E-state index is 0.0565. The van der Waals surface area contributed by atoms with E-state index in [1.165, 1.54) is 0 Å². The topological polar surface area (TPSA) is 49.4 Å². The van der Waals surface area contributed by atoms with E-state index in [1.54, 1.807) is 11.8 Å². The van der Waals surface area contributed by atoms with E-state index in [2.05, 4.69) is 21.2 Å². The molecule has 0 aromatic heterocycles. The van der Waals surface area contributed by atoms with Crippen LogP contribution in [0.25, 0.3) is 0 Å². The average Bonchev–Trinajstić information content (AvgIpc) is 2.66. The van der Waals surface area contributed by atoms with Crippen molar-refractivity contribution in [2.45, 2.75) is 46.7 Å². The highest BCUT2D eigenvalue weighted by atomic mass is 79.9. The lowest BCUT2D eigenvalue weighted by Gasteiger charge is -2.29. The molecule has 0 radical (unpaired) electrons. The number of hydrogen-bond acceptors (Lipinski definition) is 2. The van der Waals surface area contributed by atoms with E-state index in [1.807, 2.05) is 69.3 Å². The fourth-order valence-corrected chi connectivity index (χ4v) is 3.07. The molecule has 150 valence electrons. The largest absolute Gasteiger partial charge is 0.354 e. The molecule has 2 aromatic rings. The first kappa shape index (κ1) is 22.2. The number of benzene rings is 2. The maximum absolute atomic E-state index is 13.1. The highest BCUT2D eigenvalue weighted by Gasteiger charge is 2.26. The van der Waals surface area contributed by atoms with Crippen LogP contribution in [0.15, 0.2) is 53.0 Å². The number of carbonyl (C=O) groups is 2. The molecule has 0 spiro atoms. The Balaban J connectivity index is 2.18. The van der Waals surface area contributed by atoms with Crippen LogP contribution in [0.5, 0.6) is 0 Å². The second-order valence-corrected chi connectivity index (χ2v) is 8.54. The Morgan fingerprint density at radius 1 is 0.964 bits per heavy atom. The number of nitrogens with one attached hydrogen (secondary N) is 1. The first-order valence-corrected chi connectivity index (χ1v) is 10.4. The van der Waals surface area contributed by atoms with Gasteiger partial charge in [0.15, 0.2) is 0 Å². The summed E-state index contributed by atoms with van der Waals surface area (Å²) in [6.07, 6.45) is 0.276. The van der Waals surface area contributed by atoms with Gasteiger partial charge in [0.25, 0.3) is 0 Å². The van der Waals surface area contributed by atoms with Crippen molar-refractivity contribution in [2.24, 2.45) is 5.92 Å². The molecule has 1 unspecified atom stereocenters. The highest BCUT2D eigenvalue weighted by Crippen LogP contribution is 2.16. The van der Waals surface area contributed by atoms with Crippen LogP contribution >= 0.6 is 15.9 Å². The normalized spacial score (nSPS) is 11.9. The lowest BCUT2D eigenvalue weighted by atomic mass is 10.1. The molecule has 0 bridgehead atoms. The van der Waals surface area contributed by atoms with E-state index < -0.39 is 6.04 Å². The number of halogens is 1. The van der Waals surface area contributed by atoms with E-state index in [0.29, 0.717) is 19.0 Å². The lowest BCUT2D eigenvalue weighted by molar-refractivity contribution is -0.140.